The minimum atomic E-state index is -0.533. The summed E-state index contributed by atoms with van der Waals surface area (Å²) in [5, 5.41) is 12.2. The summed E-state index contributed by atoms with van der Waals surface area (Å²) < 4.78 is 0. The van der Waals surface area contributed by atoms with E-state index in [-0.39, 0.29) is 12.5 Å². The van der Waals surface area contributed by atoms with Gasteiger partial charge in [-0.3, -0.25) is 4.79 Å². The maximum absolute atomic E-state index is 11.4. The molecule has 94 valence electrons. The van der Waals surface area contributed by atoms with Crippen molar-refractivity contribution in [1.29, 1.82) is 0 Å². The Balaban J connectivity index is 2.71. The fraction of sp³-hybridized carbons (Fsp3) is 0.500. The molecule has 2 N–H and O–H groups in total. The maximum atomic E-state index is 11.4. The Morgan fingerprint density at radius 3 is 2.94 bits per heavy atom. The van der Waals surface area contributed by atoms with Gasteiger partial charge in [-0.1, -0.05) is 0 Å². The van der Waals surface area contributed by atoms with E-state index < -0.39 is 6.10 Å². The van der Waals surface area contributed by atoms with E-state index in [9.17, 15) is 9.90 Å². The molecule has 1 rings (SSSR count). The van der Waals surface area contributed by atoms with Crippen LogP contribution in [0.2, 0.25) is 0 Å². The number of rotatable bonds is 5. The Hall–Kier alpha value is -1.62. The summed E-state index contributed by atoms with van der Waals surface area (Å²) >= 11 is 0. The minimum absolute atomic E-state index is 0.0424. The number of aromatic nitrogens is 1. The zero-order valence-electron chi connectivity index (χ0n) is 10.5. The number of anilines is 1. The van der Waals surface area contributed by atoms with E-state index in [2.05, 4.69) is 10.3 Å². The molecule has 0 aliphatic heterocycles. The zero-order valence-corrected chi connectivity index (χ0v) is 10.5. The van der Waals surface area contributed by atoms with Crippen LogP contribution in [-0.4, -0.2) is 36.1 Å². The van der Waals surface area contributed by atoms with E-state index in [1.165, 1.54) is 0 Å². The number of nitrogens with zero attached hydrogens (tertiary/aromatic N) is 2. The number of aliphatic hydroxyl groups excluding tert-OH is 1. The Labute approximate surface area is 101 Å². The number of carbonyl (C=O) groups excluding carboxylic acids is 1. The number of likely N-dealkylation sites (N-methyl/N-ethyl adjacent to an activating group) is 2. The molecule has 1 aromatic rings. The van der Waals surface area contributed by atoms with E-state index >= 15 is 0 Å². The highest BCUT2D eigenvalue weighted by Crippen LogP contribution is 2.16. The van der Waals surface area contributed by atoms with Crippen molar-refractivity contribution < 1.29 is 9.90 Å². The summed E-state index contributed by atoms with van der Waals surface area (Å²) in [6.07, 6.45) is 1.10. The first kappa shape index (κ1) is 13.4. The van der Waals surface area contributed by atoms with Crippen molar-refractivity contribution >= 4 is 11.7 Å². The van der Waals surface area contributed by atoms with Crippen molar-refractivity contribution in [2.75, 3.05) is 25.0 Å². The number of nitrogens with one attached hydrogen (secondary N) is 1. The van der Waals surface area contributed by atoms with E-state index in [1.54, 1.807) is 37.2 Å². The van der Waals surface area contributed by atoms with Crippen LogP contribution >= 0.6 is 0 Å². The molecule has 1 atom stereocenters. The number of amides is 1. The van der Waals surface area contributed by atoms with Gasteiger partial charge in [-0.15, -0.1) is 0 Å². The Morgan fingerprint density at radius 1 is 1.65 bits per heavy atom. The number of hydrogen-bond donors (Lipinski definition) is 2. The van der Waals surface area contributed by atoms with E-state index in [0.29, 0.717) is 12.4 Å². The SMILES string of the molecule is CCNC(=O)CN(C)c1cc([C@@H](C)O)ccn1. The normalized spacial score (nSPS) is 12.0. The standard InChI is InChI=1S/C12H19N3O2/c1-4-13-12(17)8-15(3)11-7-10(9(2)16)5-6-14-11/h5-7,9,16H,4,8H2,1-3H3,(H,13,17)/t9-/m1/s1. The van der Waals surface area contributed by atoms with E-state index in [4.69, 9.17) is 0 Å². The number of carbonyl (C=O) groups is 1. The molecule has 0 aliphatic rings. The smallest absolute Gasteiger partial charge is 0.239 e. The van der Waals surface area contributed by atoms with Crippen LogP contribution in [0.5, 0.6) is 0 Å². The summed E-state index contributed by atoms with van der Waals surface area (Å²) in [4.78, 5) is 17.3. The molecule has 0 aromatic carbocycles. The minimum Gasteiger partial charge on any atom is -0.389 e. The first-order chi connectivity index (χ1) is 8.04. The van der Waals surface area contributed by atoms with Crippen LogP contribution in [0.4, 0.5) is 5.82 Å². The molecule has 0 aliphatic carbocycles. The van der Waals surface area contributed by atoms with E-state index in [1.807, 2.05) is 6.92 Å². The molecule has 0 radical (unpaired) electrons. The van der Waals surface area contributed by atoms with Crippen molar-refractivity contribution in [1.82, 2.24) is 10.3 Å². The third-order valence-electron chi connectivity index (χ3n) is 2.40. The largest absolute Gasteiger partial charge is 0.389 e. The van der Waals surface area contributed by atoms with Crippen LogP contribution in [0, 0.1) is 0 Å². The molecule has 0 fully saturated rings. The quantitative estimate of drug-likeness (QED) is 0.791. The molecule has 5 nitrogen and oxygen atoms in total. The van der Waals surface area contributed by atoms with Gasteiger partial charge in [0.1, 0.15) is 5.82 Å². The Bertz CT molecular complexity index is 380. The molecular formula is C12H19N3O2. The molecule has 1 amide bonds. The molecule has 0 bridgehead atoms. The van der Waals surface area contributed by atoms with Gasteiger partial charge in [0.05, 0.1) is 12.6 Å². The van der Waals surface area contributed by atoms with E-state index in [0.717, 1.165) is 5.56 Å². The van der Waals surface area contributed by atoms with Crippen LogP contribution in [0.1, 0.15) is 25.5 Å². The van der Waals surface area contributed by atoms with Gasteiger partial charge in [-0.2, -0.15) is 0 Å². The Kier molecular flexibility index (Phi) is 4.90. The van der Waals surface area contributed by atoms with Crippen molar-refractivity contribution in [2.45, 2.75) is 20.0 Å². The molecule has 5 heteroatoms. The highest BCUT2D eigenvalue weighted by molar-refractivity contribution is 5.80. The monoisotopic (exact) mass is 237 g/mol. The predicted molar refractivity (Wildman–Crippen MR) is 66.8 cm³/mol. The van der Waals surface area contributed by atoms with Crippen LogP contribution in [0.25, 0.3) is 0 Å². The molecule has 0 unspecified atom stereocenters. The topological polar surface area (TPSA) is 65.5 Å². The number of hydrogen-bond acceptors (Lipinski definition) is 4. The highest BCUT2D eigenvalue weighted by atomic mass is 16.3. The summed E-state index contributed by atoms with van der Waals surface area (Å²) in [6.45, 7) is 4.45. The summed E-state index contributed by atoms with van der Waals surface area (Å²) in [7, 11) is 1.80. The van der Waals surface area contributed by atoms with Crippen LogP contribution < -0.4 is 10.2 Å². The van der Waals surface area contributed by atoms with Gasteiger partial charge in [-0.25, -0.2) is 4.98 Å². The summed E-state index contributed by atoms with van der Waals surface area (Å²) in [5.74, 6) is 0.633. The lowest BCUT2D eigenvalue weighted by atomic mass is 10.2. The molecule has 1 heterocycles. The van der Waals surface area contributed by atoms with Crippen molar-refractivity contribution in [2.24, 2.45) is 0 Å². The predicted octanol–water partition coefficient (Wildman–Crippen LogP) is 0.707. The Morgan fingerprint density at radius 2 is 2.35 bits per heavy atom. The second-order valence-corrected chi connectivity index (χ2v) is 3.93. The zero-order chi connectivity index (χ0) is 12.8. The van der Waals surface area contributed by atoms with Gasteiger partial charge < -0.3 is 15.3 Å². The highest BCUT2D eigenvalue weighted by Gasteiger charge is 2.09. The first-order valence-electron chi connectivity index (χ1n) is 5.66. The lowest BCUT2D eigenvalue weighted by Gasteiger charge is -2.18. The second kappa shape index (κ2) is 6.20. The first-order valence-corrected chi connectivity index (χ1v) is 5.66. The van der Waals surface area contributed by atoms with Gasteiger partial charge in [-0.05, 0) is 31.5 Å². The fourth-order valence-electron chi connectivity index (χ4n) is 1.45. The van der Waals surface area contributed by atoms with Gasteiger partial charge in [0.25, 0.3) is 0 Å². The lowest BCUT2D eigenvalue weighted by molar-refractivity contribution is -0.119. The van der Waals surface area contributed by atoms with Crippen LogP contribution in [0.3, 0.4) is 0 Å². The average molecular weight is 237 g/mol. The summed E-state index contributed by atoms with van der Waals surface area (Å²) in [6, 6.07) is 3.54. The maximum Gasteiger partial charge on any atom is 0.239 e. The summed E-state index contributed by atoms with van der Waals surface area (Å²) in [5.41, 5.74) is 0.790. The third kappa shape index (κ3) is 4.03. The number of pyridine rings is 1. The molecule has 0 saturated heterocycles. The van der Waals surface area contributed by atoms with Crippen LogP contribution in [-0.2, 0) is 4.79 Å². The van der Waals surface area contributed by atoms with Gasteiger partial charge in [0.2, 0.25) is 5.91 Å². The molecular weight excluding hydrogens is 218 g/mol. The second-order valence-electron chi connectivity index (χ2n) is 3.93. The fourth-order valence-corrected chi connectivity index (χ4v) is 1.45. The van der Waals surface area contributed by atoms with Gasteiger partial charge in [0.15, 0.2) is 0 Å². The third-order valence-corrected chi connectivity index (χ3v) is 2.40. The molecule has 0 spiro atoms. The van der Waals surface area contributed by atoms with Crippen molar-refractivity contribution in [3.63, 3.8) is 0 Å². The van der Waals surface area contributed by atoms with Crippen LogP contribution in [0.15, 0.2) is 18.3 Å². The van der Waals surface area contributed by atoms with Crippen molar-refractivity contribution in [3.8, 4) is 0 Å². The van der Waals surface area contributed by atoms with Crippen molar-refractivity contribution in [3.05, 3.63) is 23.9 Å². The van der Waals surface area contributed by atoms with Gasteiger partial charge in [0, 0.05) is 19.8 Å². The molecule has 1 aromatic heterocycles. The molecule has 17 heavy (non-hydrogen) atoms. The number of aliphatic hydroxyl groups is 1. The molecule has 0 saturated carbocycles. The lowest BCUT2D eigenvalue weighted by Crippen LogP contribution is -2.35. The average Bonchev–Trinajstić information content (AvgIpc) is 2.29. The van der Waals surface area contributed by atoms with Gasteiger partial charge >= 0.3 is 0 Å².